The minimum atomic E-state index is -0.398. The van der Waals surface area contributed by atoms with E-state index in [1.165, 1.54) is 30.3 Å². The van der Waals surface area contributed by atoms with Crippen molar-refractivity contribution in [3.63, 3.8) is 0 Å². The molecular weight excluding hydrogens is 291 g/mol. The SMILES string of the molecule is CC(Nc1cc(F)ccc1Cl)c1ccc(F)cc1Cl. The van der Waals surface area contributed by atoms with Crippen molar-refractivity contribution in [1.29, 1.82) is 0 Å². The van der Waals surface area contributed by atoms with Gasteiger partial charge in [0, 0.05) is 5.02 Å². The van der Waals surface area contributed by atoms with Gasteiger partial charge in [-0.2, -0.15) is 0 Å². The average molecular weight is 302 g/mol. The fourth-order valence-corrected chi connectivity index (χ4v) is 2.27. The monoisotopic (exact) mass is 301 g/mol. The minimum Gasteiger partial charge on any atom is -0.377 e. The molecule has 19 heavy (non-hydrogen) atoms. The fraction of sp³-hybridized carbons (Fsp3) is 0.143. The molecule has 0 aromatic heterocycles. The van der Waals surface area contributed by atoms with E-state index in [1.807, 2.05) is 6.92 Å². The molecule has 1 nitrogen and oxygen atoms in total. The van der Waals surface area contributed by atoms with Gasteiger partial charge in [0.05, 0.1) is 16.8 Å². The summed E-state index contributed by atoms with van der Waals surface area (Å²) in [7, 11) is 0. The lowest BCUT2D eigenvalue weighted by Gasteiger charge is -2.18. The molecule has 0 radical (unpaired) electrons. The molecular formula is C14H11Cl2F2N. The van der Waals surface area contributed by atoms with Gasteiger partial charge in [0.15, 0.2) is 0 Å². The van der Waals surface area contributed by atoms with E-state index in [2.05, 4.69) is 5.32 Å². The Labute approximate surface area is 120 Å². The van der Waals surface area contributed by atoms with Crippen molar-refractivity contribution in [3.05, 3.63) is 63.6 Å². The van der Waals surface area contributed by atoms with Gasteiger partial charge in [-0.15, -0.1) is 0 Å². The molecule has 2 aromatic carbocycles. The van der Waals surface area contributed by atoms with Crippen LogP contribution < -0.4 is 5.32 Å². The van der Waals surface area contributed by atoms with E-state index in [0.29, 0.717) is 21.3 Å². The van der Waals surface area contributed by atoms with Gasteiger partial charge in [0.25, 0.3) is 0 Å². The summed E-state index contributed by atoms with van der Waals surface area (Å²) in [6.07, 6.45) is 0. The van der Waals surface area contributed by atoms with Crippen LogP contribution in [0, 0.1) is 11.6 Å². The molecule has 0 bridgehead atoms. The molecule has 1 N–H and O–H groups in total. The summed E-state index contributed by atoms with van der Waals surface area (Å²) in [6, 6.07) is 7.97. The molecule has 0 saturated carbocycles. The smallest absolute Gasteiger partial charge is 0.125 e. The molecule has 0 amide bonds. The first-order valence-corrected chi connectivity index (χ1v) is 6.39. The normalized spacial score (nSPS) is 12.3. The van der Waals surface area contributed by atoms with Crippen molar-refractivity contribution >= 4 is 28.9 Å². The number of rotatable bonds is 3. The van der Waals surface area contributed by atoms with Crippen LogP contribution in [0.15, 0.2) is 36.4 Å². The predicted molar refractivity (Wildman–Crippen MR) is 74.9 cm³/mol. The second-order valence-electron chi connectivity index (χ2n) is 4.16. The predicted octanol–water partition coefficient (Wildman–Crippen LogP) is 5.44. The zero-order chi connectivity index (χ0) is 14.0. The number of nitrogens with one attached hydrogen (secondary N) is 1. The van der Waals surface area contributed by atoms with Crippen LogP contribution >= 0.6 is 23.2 Å². The lowest BCUT2D eigenvalue weighted by molar-refractivity contribution is 0.626. The Morgan fingerprint density at radius 1 is 0.947 bits per heavy atom. The summed E-state index contributed by atoms with van der Waals surface area (Å²) < 4.78 is 26.1. The number of hydrogen-bond acceptors (Lipinski definition) is 1. The van der Waals surface area contributed by atoms with Crippen LogP contribution in [-0.4, -0.2) is 0 Å². The Morgan fingerprint density at radius 3 is 2.26 bits per heavy atom. The zero-order valence-electron chi connectivity index (χ0n) is 10.1. The molecule has 0 spiro atoms. The Bertz CT molecular complexity index is 602. The molecule has 5 heteroatoms. The summed E-state index contributed by atoms with van der Waals surface area (Å²) in [5.41, 5.74) is 1.18. The number of halogens is 4. The van der Waals surface area contributed by atoms with Crippen LogP contribution in [0.25, 0.3) is 0 Å². The maximum Gasteiger partial charge on any atom is 0.125 e. The summed E-state index contributed by atoms with van der Waals surface area (Å²) in [4.78, 5) is 0. The molecule has 1 unspecified atom stereocenters. The highest BCUT2D eigenvalue weighted by Gasteiger charge is 2.12. The topological polar surface area (TPSA) is 12.0 Å². The third-order valence-electron chi connectivity index (χ3n) is 2.73. The van der Waals surface area contributed by atoms with Crippen LogP contribution in [0.4, 0.5) is 14.5 Å². The number of benzene rings is 2. The highest BCUT2D eigenvalue weighted by Crippen LogP contribution is 2.30. The number of hydrogen-bond donors (Lipinski definition) is 1. The Morgan fingerprint density at radius 2 is 1.58 bits per heavy atom. The van der Waals surface area contributed by atoms with Crippen molar-refractivity contribution in [3.8, 4) is 0 Å². The van der Waals surface area contributed by atoms with E-state index >= 15 is 0 Å². The van der Waals surface area contributed by atoms with Gasteiger partial charge in [0.2, 0.25) is 0 Å². The highest BCUT2D eigenvalue weighted by atomic mass is 35.5. The first-order chi connectivity index (χ1) is 8.97. The van der Waals surface area contributed by atoms with Crippen molar-refractivity contribution in [1.82, 2.24) is 0 Å². The summed E-state index contributed by atoms with van der Waals surface area (Å²) in [5, 5.41) is 3.77. The number of anilines is 1. The summed E-state index contributed by atoms with van der Waals surface area (Å²) in [6.45, 7) is 1.83. The van der Waals surface area contributed by atoms with Crippen molar-refractivity contribution < 1.29 is 8.78 Å². The minimum absolute atomic E-state index is 0.229. The lowest BCUT2D eigenvalue weighted by Crippen LogP contribution is -2.08. The van der Waals surface area contributed by atoms with Gasteiger partial charge >= 0.3 is 0 Å². The molecule has 2 aromatic rings. The molecule has 0 aliphatic heterocycles. The van der Waals surface area contributed by atoms with E-state index in [9.17, 15) is 8.78 Å². The van der Waals surface area contributed by atoms with E-state index in [-0.39, 0.29) is 11.9 Å². The van der Waals surface area contributed by atoms with Gasteiger partial charge in [0.1, 0.15) is 11.6 Å². The van der Waals surface area contributed by atoms with Crippen molar-refractivity contribution in [2.45, 2.75) is 13.0 Å². The van der Waals surface area contributed by atoms with Crippen LogP contribution in [0.5, 0.6) is 0 Å². The molecule has 0 aliphatic carbocycles. The molecule has 0 saturated heterocycles. The highest BCUT2D eigenvalue weighted by molar-refractivity contribution is 6.33. The first-order valence-electron chi connectivity index (χ1n) is 5.64. The van der Waals surface area contributed by atoms with Crippen LogP contribution in [0.3, 0.4) is 0 Å². The average Bonchev–Trinajstić information content (AvgIpc) is 2.33. The summed E-state index contributed by atoms with van der Waals surface area (Å²) in [5.74, 6) is -0.783. The molecule has 100 valence electrons. The van der Waals surface area contributed by atoms with Gasteiger partial charge in [-0.05, 0) is 42.8 Å². The van der Waals surface area contributed by atoms with Gasteiger partial charge in [-0.3, -0.25) is 0 Å². The summed E-state index contributed by atoms with van der Waals surface area (Å²) >= 11 is 11.9. The molecule has 1 atom stereocenters. The van der Waals surface area contributed by atoms with Crippen LogP contribution in [0.2, 0.25) is 10.0 Å². The molecule has 0 fully saturated rings. The van der Waals surface area contributed by atoms with Gasteiger partial charge in [-0.1, -0.05) is 29.3 Å². The van der Waals surface area contributed by atoms with Gasteiger partial charge in [-0.25, -0.2) is 8.78 Å². The second kappa shape index (κ2) is 5.76. The molecule has 2 rings (SSSR count). The maximum absolute atomic E-state index is 13.2. The van der Waals surface area contributed by atoms with Gasteiger partial charge < -0.3 is 5.32 Å². The molecule has 0 heterocycles. The quantitative estimate of drug-likeness (QED) is 0.795. The first kappa shape index (κ1) is 14.1. The largest absolute Gasteiger partial charge is 0.377 e. The zero-order valence-corrected chi connectivity index (χ0v) is 11.6. The second-order valence-corrected chi connectivity index (χ2v) is 4.97. The van der Waals surface area contributed by atoms with E-state index in [1.54, 1.807) is 6.07 Å². The van der Waals surface area contributed by atoms with E-state index in [4.69, 9.17) is 23.2 Å². The van der Waals surface area contributed by atoms with Crippen molar-refractivity contribution in [2.24, 2.45) is 0 Å². The third kappa shape index (κ3) is 3.37. The van der Waals surface area contributed by atoms with Crippen LogP contribution in [0.1, 0.15) is 18.5 Å². The van der Waals surface area contributed by atoms with E-state index < -0.39 is 5.82 Å². The molecule has 0 aliphatic rings. The standard InChI is InChI=1S/C14H11Cl2F2N/c1-8(11-4-2-9(17)6-13(11)16)19-14-7-10(18)3-5-12(14)15/h2-8,19H,1H3. The Hall–Kier alpha value is -1.32. The lowest BCUT2D eigenvalue weighted by atomic mass is 10.1. The van der Waals surface area contributed by atoms with Crippen LogP contribution in [-0.2, 0) is 0 Å². The fourth-order valence-electron chi connectivity index (χ4n) is 1.77. The van der Waals surface area contributed by atoms with E-state index in [0.717, 1.165) is 0 Å². The third-order valence-corrected chi connectivity index (χ3v) is 3.39. The Kier molecular flexibility index (Phi) is 4.27. The maximum atomic E-state index is 13.2. The Balaban J connectivity index is 2.25. The van der Waals surface area contributed by atoms with Crippen molar-refractivity contribution in [2.75, 3.05) is 5.32 Å².